The number of benzene rings is 1. The van der Waals surface area contributed by atoms with Crippen LogP contribution >= 0.6 is 11.6 Å². The van der Waals surface area contributed by atoms with E-state index in [-0.39, 0.29) is 6.03 Å². The number of hydrogen-bond acceptors (Lipinski definition) is 1. The Morgan fingerprint density at radius 3 is 2.89 bits per heavy atom. The van der Waals surface area contributed by atoms with Crippen molar-refractivity contribution in [2.75, 3.05) is 11.9 Å². The maximum atomic E-state index is 12.1. The summed E-state index contributed by atoms with van der Waals surface area (Å²) in [6.07, 6.45) is 3.38. The molecule has 1 N–H and O–H groups in total. The number of amides is 2. The van der Waals surface area contributed by atoms with Crippen molar-refractivity contribution >= 4 is 23.3 Å². The van der Waals surface area contributed by atoms with E-state index in [0.717, 1.165) is 30.6 Å². The molecule has 1 aromatic carbocycles. The summed E-state index contributed by atoms with van der Waals surface area (Å²) in [5, 5.41) is 3.59. The Morgan fingerprint density at radius 2 is 2.22 bits per heavy atom. The van der Waals surface area contributed by atoms with Gasteiger partial charge in [0, 0.05) is 23.3 Å². The van der Waals surface area contributed by atoms with Crippen molar-refractivity contribution in [3.63, 3.8) is 0 Å². The topological polar surface area (TPSA) is 32.3 Å². The number of hydrogen-bond donors (Lipinski definition) is 1. The molecule has 1 aliphatic rings. The van der Waals surface area contributed by atoms with Crippen molar-refractivity contribution in [2.45, 2.75) is 39.2 Å². The van der Waals surface area contributed by atoms with E-state index in [1.165, 1.54) is 6.42 Å². The number of aryl methyl sites for hydroxylation is 1. The molecular formula is C14H19ClN2O. The second-order valence-electron chi connectivity index (χ2n) is 4.93. The molecular weight excluding hydrogens is 248 g/mol. The highest BCUT2D eigenvalue weighted by molar-refractivity contribution is 6.31. The normalized spacial score (nSPS) is 19.7. The lowest BCUT2D eigenvalue weighted by atomic mass is 10.0. The van der Waals surface area contributed by atoms with Gasteiger partial charge in [-0.05, 0) is 50.8 Å². The Hall–Kier alpha value is -1.22. The van der Waals surface area contributed by atoms with E-state index in [9.17, 15) is 4.79 Å². The highest BCUT2D eigenvalue weighted by Crippen LogP contribution is 2.22. The van der Waals surface area contributed by atoms with Crippen LogP contribution in [0.3, 0.4) is 0 Å². The van der Waals surface area contributed by atoms with Gasteiger partial charge in [0.1, 0.15) is 0 Å². The zero-order valence-corrected chi connectivity index (χ0v) is 11.6. The summed E-state index contributed by atoms with van der Waals surface area (Å²) in [4.78, 5) is 14.0. The number of halogens is 1. The highest BCUT2D eigenvalue weighted by atomic mass is 35.5. The number of rotatable bonds is 1. The summed E-state index contributed by atoms with van der Waals surface area (Å²) in [5.41, 5.74) is 1.77. The van der Waals surface area contributed by atoms with Gasteiger partial charge in [0.25, 0.3) is 0 Å². The maximum Gasteiger partial charge on any atom is 0.322 e. The first-order valence-electron chi connectivity index (χ1n) is 6.41. The van der Waals surface area contributed by atoms with Crippen LogP contribution < -0.4 is 5.32 Å². The Kier molecular flexibility index (Phi) is 4.12. The number of likely N-dealkylation sites (tertiary alicyclic amines) is 1. The van der Waals surface area contributed by atoms with Crippen molar-refractivity contribution in [1.29, 1.82) is 0 Å². The highest BCUT2D eigenvalue weighted by Gasteiger charge is 2.23. The molecule has 1 aromatic rings. The lowest BCUT2D eigenvalue weighted by Gasteiger charge is -2.33. The molecule has 0 bridgehead atoms. The fourth-order valence-electron chi connectivity index (χ4n) is 2.27. The quantitative estimate of drug-likeness (QED) is 0.817. The summed E-state index contributed by atoms with van der Waals surface area (Å²) in [6.45, 7) is 4.88. The number of anilines is 1. The molecule has 0 aliphatic carbocycles. The lowest BCUT2D eigenvalue weighted by Crippen LogP contribution is -2.44. The Balaban J connectivity index is 2.04. The molecule has 1 heterocycles. The second-order valence-corrected chi connectivity index (χ2v) is 5.34. The molecule has 2 rings (SSSR count). The summed E-state index contributed by atoms with van der Waals surface area (Å²) in [5.74, 6) is 0. The zero-order chi connectivity index (χ0) is 13.1. The van der Waals surface area contributed by atoms with Crippen molar-refractivity contribution in [2.24, 2.45) is 0 Å². The van der Waals surface area contributed by atoms with Crippen LogP contribution in [-0.4, -0.2) is 23.5 Å². The van der Waals surface area contributed by atoms with Gasteiger partial charge in [-0.2, -0.15) is 0 Å². The van der Waals surface area contributed by atoms with Crippen LogP contribution in [0.2, 0.25) is 5.02 Å². The average Bonchev–Trinajstić information content (AvgIpc) is 2.34. The van der Waals surface area contributed by atoms with Crippen LogP contribution in [-0.2, 0) is 0 Å². The molecule has 0 unspecified atom stereocenters. The molecule has 18 heavy (non-hydrogen) atoms. The third-order valence-electron chi connectivity index (χ3n) is 3.49. The predicted octanol–water partition coefficient (Wildman–Crippen LogP) is 4.05. The summed E-state index contributed by atoms with van der Waals surface area (Å²) >= 11 is 6.05. The molecule has 0 radical (unpaired) electrons. The van der Waals surface area contributed by atoms with E-state index in [4.69, 9.17) is 11.6 Å². The van der Waals surface area contributed by atoms with E-state index in [2.05, 4.69) is 12.2 Å². The van der Waals surface area contributed by atoms with Gasteiger partial charge in [0.05, 0.1) is 0 Å². The molecule has 2 amide bonds. The average molecular weight is 267 g/mol. The number of carbonyl (C=O) groups is 1. The molecule has 1 saturated heterocycles. The summed E-state index contributed by atoms with van der Waals surface area (Å²) in [6, 6.07) is 5.89. The maximum absolute atomic E-state index is 12.1. The molecule has 1 fully saturated rings. The van der Waals surface area contributed by atoms with Gasteiger partial charge < -0.3 is 10.2 Å². The number of piperidine rings is 1. The molecule has 3 nitrogen and oxygen atoms in total. The van der Waals surface area contributed by atoms with Crippen LogP contribution in [0.5, 0.6) is 0 Å². The fraction of sp³-hybridized carbons (Fsp3) is 0.500. The Labute approximate surface area is 113 Å². The molecule has 1 aliphatic heterocycles. The predicted molar refractivity (Wildman–Crippen MR) is 75.2 cm³/mol. The van der Waals surface area contributed by atoms with Gasteiger partial charge >= 0.3 is 6.03 Å². The Morgan fingerprint density at radius 1 is 1.44 bits per heavy atom. The van der Waals surface area contributed by atoms with E-state index in [1.807, 2.05) is 24.0 Å². The second kappa shape index (κ2) is 5.61. The molecule has 1 atom stereocenters. The van der Waals surface area contributed by atoms with Gasteiger partial charge in [-0.15, -0.1) is 0 Å². The van der Waals surface area contributed by atoms with Gasteiger partial charge in [0.15, 0.2) is 0 Å². The molecule has 4 heteroatoms. The first-order chi connectivity index (χ1) is 8.58. The zero-order valence-electron chi connectivity index (χ0n) is 10.9. The van der Waals surface area contributed by atoms with Crippen molar-refractivity contribution in [3.05, 3.63) is 28.8 Å². The minimum Gasteiger partial charge on any atom is -0.322 e. The lowest BCUT2D eigenvalue weighted by molar-refractivity contribution is 0.170. The van der Waals surface area contributed by atoms with Crippen LogP contribution in [0, 0.1) is 6.92 Å². The smallest absolute Gasteiger partial charge is 0.322 e. The van der Waals surface area contributed by atoms with Gasteiger partial charge in [-0.1, -0.05) is 17.7 Å². The minimum atomic E-state index is -0.0258. The van der Waals surface area contributed by atoms with Gasteiger partial charge in [0.2, 0.25) is 0 Å². The number of nitrogens with one attached hydrogen (secondary N) is 1. The van der Waals surface area contributed by atoms with E-state index in [0.29, 0.717) is 11.1 Å². The standard InChI is InChI=1S/C14H19ClN2O/c1-10-6-7-12(9-13(10)15)16-14(18)17-8-4-3-5-11(17)2/h6-7,9,11H,3-5,8H2,1-2H3,(H,16,18)/t11-/m0/s1. The van der Waals surface area contributed by atoms with Crippen LogP contribution in [0.1, 0.15) is 31.7 Å². The first kappa shape index (κ1) is 13.2. The third-order valence-corrected chi connectivity index (χ3v) is 3.89. The largest absolute Gasteiger partial charge is 0.322 e. The SMILES string of the molecule is Cc1ccc(NC(=O)N2CCCC[C@@H]2C)cc1Cl. The monoisotopic (exact) mass is 266 g/mol. The Bertz CT molecular complexity index is 447. The third kappa shape index (κ3) is 2.96. The molecule has 0 spiro atoms. The van der Waals surface area contributed by atoms with E-state index >= 15 is 0 Å². The van der Waals surface area contributed by atoms with Crippen LogP contribution in [0.25, 0.3) is 0 Å². The van der Waals surface area contributed by atoms with Crippen molar-refractivity contribution in [1.82, 2.24) is 4.90 Å². The number of urea groups is 1. The minimum absolute atomic E-state index is 0.0258. The fourth-order valence-corrected chi connectivity index (χ4v) is 2.45. The van der Waals surface area contributed by atoms with Gasteiger partial charge in [-0.3, -0.25) is 0 Å². The number of carbonyl (C=O) groups excluding carboxylic acids is 1. The number of nitrogens with zero attached hydrogens (tertiary/aromatic N) is 1. The van der Waals surface area contributed by atoms with Crippen molar-refractivity contribution < 1.29 is 4.79 Å². The molecule has 98 valence electrons. The molecule has 0 saturated carbocycles. The van der Waals surface area contributed by atoms with Crippen LogP contribution in [0.15, 0.2) is 18.2 Å². The van der Waals surface area contributed by atoms with E-state index < -0.39 is 0 Å². The summed E-state index contributed by atoms with van der Waals surface area (Å²) < 4.78 is 0. The molecule has 0 aromatic heterocycles. The van der Waals surface area contributed by atoms with Crippen LogP contribution in [0.4, 0.5) is 10.5 Å². The summed E-state index contributed by atoms with van der Waals surface area (Å²) in [7, 11) is 0. The van der Waals surface area contributed by atoms with Crippen molar-refractivity contribution in [3.8, 4) is 0 Å². The van der Waals surface area contributed by atoms with Gasteiger partial charge in [-0.25, -0.2) is 4.79 Å². The van der Waals surface area contributed by atoms with E-state index in [1.54, 1.807) is 6.07 Å². The first-order valence-corrected chi connectivity index (χ1v) is 6.79.